The highest BCUT2D eigenvalue weighted by atomic mass is 31.2. The van der Waals surface area contributed by atoms with E-state index < -0.39 is 37.3 Å². The minimum absolute atomic E-state index is 0.0264. The van der Waals surface area contributed by atoms with E-state index in [4.69, 9.17) is 15.0 Å². The monoisotopic (exact) mass is 444 g/mol. The summed E-state index contributed by atoms with van der Waals surface area (Å²) in [6.45, 7) is 7.22. The van der Waals surface area contributed by atoms with Crippen LogP contribution in [0.2, 0.25) is 0 Å². The molecule has 0 saturated carbocycles. The number of nitrogens with zero attached hydrogens (tertiary/aromatic N) is 4. The molecule has 3 rings (SSSR count). The number of hydrogen-bond acceptors (Lipinski definition) is 8. The van der Waals surface area contributed by atoms with Gasteiger partial charge in [-0.3, -0.25) is 9.13 Å². The first-order valence-corrected chi connectivity index (χ1v) is 11.7. The van der Waals surface area contributed by atoms with Crippen molar-refractivity contribution in [1.82, 2.24) is 14.5 Å². The average molecular weight is 444 g/mol. The molecule has 3 heterocycles. The maximum absolute atomic E-state index is 12.6. The number of fused-ring (bicyclic) bond motifs is 1. The highest BCUT2D eigenvalue weighted by Crippen LogP contribution is 2.54. The number of aromatic nitrogens is 4. The Hall–Kier alpha value is -1.78. The number of hydrogen-bond donors (Lipinski definition) is 4. The Morgan fingerprint density at radius 2 is 2.20 bits per heavy atom. The number of nitrogens with two attached hydrogens (primary N) is 1. The van der Waals surface area contributed by atoms with Gasteiger partial charge in [-0.2, -0.15) is 0 Å². The summed E-state index contributed by atoms with van der Waals surface area (Å²) in [4.78, 5) is 18.6. The first kappa shape index (κ1) is 22.9. The molecule has 1 fully saturated rings. The third kappa shape index (κ3) is 4.31. The lowest BCUT2D eigenvalue weighted by atomic mass is 9.94. The number of anilines is 1. The molecule has 30 heavy (non-hydrogen) atoms. The second-order valence-electron chi connectivity index (χ2n) is 8.17. The zero-order valence-electron chi connectivity index (χ0n) is 17.7. The molecule has 0 aromatic carbocycles. The topological polar surface area (TPSA) is 157 Å². The van der Waals surface area contributed by atoms with E-state index in [1.807, 2.05) is 13.8 Å². The molecule has 1 aliphatic heterocycles. The molecule has 11 nitrogen and oxygen atoms in total. The summed E-state index contributed by atoms with van der Waals surface area (Å²) in [5.74, 6) is 0.0264. The van der Waals surface area contributed by atoms with E-state index in [1.165, 1.54) is 6.33 Å². The fourth-order valence-corrected chi connectivity index (χ4v) is 5.08. The molecule has 0 bridgehead atoms. The lowest BCUT2D eigenvalue weighted by Gasteiger charge is -2.34. The first-order chi connectivity index (χ1) is 14.0. The van der Waals surface area contributed by atoms with E-state index in [0.717, 1.165) is 6.33 Å². The zero-order valence-corrected chi connectivity index (χ0v) is 18.6. The molecule has 5 N–H and O–H groups in total. The van der Waals surface area contributed by atoms with Crippen molar-refractivity contribution in [3.63, 3.8) is 0 Å². The highest BCUT2D eigenvalue weighted by Gasteiger charge is 2.43. The number of nitrogen functional groups attached to an aromatic ring is 1. The largest absolute Gasteiger partial charge is 0.388 e. The third-order valence-corrected chi connectivity index (χ3v) is 8.07. The summed E-state index contributed by atoms with van der Waals surface area (Å²) < 4.78 is 26.6. The molecule has 0 aliphatic carbocycles. The zero-order chi connectivity index (χ0) is 22.3. The summed E-state index contributed by atoms with van der Waals surface area (Å²) in [6.07, 6.45) is 2.32. The third-order valence-electron chi connectivity index (χ3n) is 5.89. The number of rotatable bonds is 8. The number of aliphatic hydroxyl groups excluding tert-OH is 1. The summed E-state index contributed by atoms with van der Waals surface area (Å²) in [5.41, 5.74) is 5.13. The van der Waals surface area contributed by atoms with Crippen molar-refractivity contribution in [2.75, 3.05) is 5.73 Å². The Morgan fingerprint density at radius 1 is 1.50 bits per heavy atom. The van der Waals surface area contributed by atoms with Crippen molar-refractivity contribution in [1.29, 1.82) is 0 Å². The van der Waals surface area contributed by atoms with Crippen LogP contribution in [0.1, 0.15) is 59.6 Å². The average Bonchev–Trinajstić information content (AvgIpc) is 3.26. The lowest BCUT2D eigenvalue weighted by molar-refractivity contribution is -0.894. The minimum atomic E-state index is -3.78. The molecule has 0 radical (unpaired) electrons. The Balaban J connectivity index is 1.78. The highest BCUT2D eigenvalue weighted by molar-refractivity contribution is 7.53. The molecule has 6 unspecified atom stereocenters. The second-order valence-corrected chi connectivity index (χ2v) is 10.4. The van der Waals surface area contributed by atoms with Crippen LogP contribution in [0.5, 0.6) is 0 Å². The van der Waals surface area contributed by atoms with Crippen molar-refractivity contribution in [2.24, 2.45) is 0 Å². The summed E-state index contributed by atoms with van der Waals surface area (Å²) >= 11 is 0. The van der Waals surface area contributed by atoms with Gasteiger partial charge >= 0.3 is 7.60 Å². The van der Waals surface area contributed by atoms with Crippen LogP contribution in [0, 0.1) is 0 Å². The fraction of sp³-hybridized carbons (Fsp3) is 0.722. The van der Waals surface area contributed by atoms with Crippen LogP contribution in [-0.2, 0) is 13.8 Å². The van der Waals surface area contributed by atoms with Crippen LogP contribution in [0.25, 0.3) is 11.2 Å². The van der Waals surface area contributed by atoms with Crippen LogP contribution < -0.4 is 10.5 Å². The number of imidazole rings is 1. The van der Waals surface area contributed by atoms with Crippen LogP contribution in [0.3, 0.4) is 0 Å². The van der Waals surface area contributed by atoms with E-state index in [-0.39, 0.29) is 11.3 Å². The standard InChI is InChI=1S/C18H30N5O6P/c1-5-11(3)30(26,27)29-18(4,6-2)8-12-7-13(24)17(28-12)22-9-20-14-15(19)23(25)10-21-16(14)22/h9-13,17,19,24-25H,5-8H2,1-4H3,(H,26,27)/p+1. The van der Waals surface area contributed by atoms with Gasteiger partial charge in [0, 0.05) is 12.8 Å². The predicted molar refractivity (Wildman–Crippen MR) is 108 cm³/mol. The first-order valence-electron chi connectivity index (χ1n) is 10.1. The van der Waals surface area contributed by atoms with Gasteiger partial charge in [-0.1, -0.05) is 30.5 Å². The molecule has 6 atom stereocenters. The van der Waals surface area contributed by atoms with Crippen LogP contribution in [0.15, 0.2) is 12.7 Å². The van der Waals surface area contributed by atoms with Gasteiger partial charge in [0.05, 0.1) is 17.4 Å². The smallest absolute Gasteiger partial charge is 0.331 e. The van der Waals surface area contributed by atoms with Gasteiger partial charge in [0.2, 0.25) is 11.2 Å². The van der Waals surface area contributed by atoms with Gasteiger partial charge in [0.1, 0.15) is 12.4 Å². The lowest BCUT2D eigenvalue weighted by Crippen LogP contribution is -2.34. The summed E-state index contributed by atoms with van der Waals surface area (Å²) in [6, 6.07) is 0. The van der Waals surface area contributed by atoms with Crippen molar-refractivity contribution in [2.45, 2.75) is 83.1 Å². The Morgan fingerprint density at radius 3 is 2.83 bits per heavy atom. The normalized spacial score (nSPS) is 27.1. The molecular formula is C18H31N5O6P+. The summed E-state index contributed by atoms with van der Waals surface area (Å²) in [7, 11) is -3.78. The van der Waals surface area contributed by atoms with E-state index in [1.54, 1.807) is 18.4 Å². The SMILES string of the molecule is CCC(C)P(=O)(O)OC(C)(CC)CC1CC(O)C(n2cnc3c(N)[n+](O)cnc32)O1. The van der Waals surface area contributed by atoms with Crippen LogP contribution >= 0.6 is 7.60 Å². The van der Waals surface area contributed by atoms with Crippen LogP contribution in [0.4, 0.5) is 5.82 Å². The maximum atomic E-state index is 12.6. The fourth-order valence-electron chi connectivity index (χ4n) is 3.61. The molecular weight excluding hydrogens is 413 g/mol. The molecule has 12 heteroatoms. The Kier molecular flexibility index (Phi) is 6.41. The van der Waals surface area contributed by atoms with Crippen molar-refractivity contribution >= 4 is 24.6 Å². The molecule has 0 spiro atoms. The van der Waals surface area contributed by atoms with Gasteiger partial charge in [-0.25, -0.2) is 4.98 Å². The van der Waals surface area contributed by atoms with Crippen molar-refractivity contribution in [3.8, 4) is 0 Å². The molecule has 2 aromatic rings. The van der Waals surface area contributed by atoms with Gasteiger partial charge in [0.25, 0.3) is 12.1 Å². The van der Waals surface area contributed by atoms with Gasteiger partial charge < -0.3 is 30.2 Å². The number of ether oxygens (including phenoxy) is 1. The van der Waals surface area contributed by atoms with E-state index >= 15 is 0 Å². The van der Waals surface area contributed by atoms with Crippen LogP contribution in [-0.4, -0.2) is 53.2 Å². The Labute approximate surface area is 175 Å². The van der Waals surface area contributed by atoms with Gasteiger partial charge in [-0.15, -0.1) is 0 Å². The number of aliphatic hydroxyl groups is 1. The van der Waals surface area contributed by atoms with E-state index in [2.05, 4.69) is 9.97 Å². The molecule has 168 valence electrons. The quantitative estimate of drug-likeness (QED) is 0.270. The van der Waals surface area contributed by atoms with Crippen molar-refractivity contribution in [3.05, 3.63) is 12.7 Å². The summed E-state index contributed by atoms with van der Waals surface area (Å²) in [5, 5.41) is 20.2. The van der Waals surface area contributed by atoms with Gasteiger partial charge in [0.15, 0.2) is 6.23 Å². The second kappa shape index (κ2) is 8.39. The molecule has 1 saturated heterocycles. The molecule has 2 aromatic heterocycles. The van der Waals surface area contributed by atoms with Gasteiger partial charge in [-0.05, 0) is 19.8 Å². The Bertz CT molecular complexity index is 955. The molecule has 1 aliphatic rings. The van der Waals surface area contributed by atoms with Crippen molar-refractivity contribution < 1.29 is 33.8 Å². The molecule has 0 amide bonds. The van der Waals surface area contributed by atoms with E-state index in [9.17, 15) is 19.8 Å². The van der Waals surface area contributed by atoms with E-state index in [0.29, 0.717) is 36.1 Å². The predicted octanol–water partition coefficient (Wildman–Crippen LogP) is 1.75. The maximum Gasteiger partial charge on any atom is 0.331 e. The minimum Gasteiger partial charge on any atom is -0.388 e.